The lowest BCUT2D eigenvalue weighted by atomic mass is 9.90. The largest absolute Gasteiger partial charge is 0.493 e. The molecule has 0 amide bonds. The van der Waals surface area contributed by atoms with Crippen LogP contribution in [0.4, 0.5) is 0 Å². The van der Waals surface area contributed by atoms with E-state index in [1.54, 1.807) is 19.8 Å². The summed E-state index contributed by atoms with van der Waals surface area (Å²) in [6.07, 6.45) is 8.48. The number of nitrogens with one attached hydrogen (secondary N) is 1. The topological polar surface area (TPSA) is 30.5 Å². The number of allylic oxidation sites excluding steroid dienone is 1. The molecule has 110 valence electrons. The summed E-state index contributed by atoms with van der Waals surface area (Å²) < 4.78 is 10.7. The first-order chi connectivity index (χ1) is 9.78. The third-order valence-corrected chi connectivity index (χ3v) is 4.01. The molecule has 3 nitrogen and oxygen atoms in total. The Labute approximate surface area is 122 Å². The van der Waals surface area contributed by atoms with Gasteiger partial charge < -0.3 is 14.8 Å². The van der Waals surface area contributed by atoms with Crippen LogP contribution in [0.25, 0.3) is 0 Å². The summed E-state index contributed by atoms with van der Waals surface area (Å²) >= 11 is 0. The molecule has 0 aliphatic heterocycles. The first kappa shape index (κ1) is 14.9. The van der Waals surface area contributed by atoms with E-state index in [1.807, 2.05) is 13.1 Å². The van der Waals surface area contributed by atoms with Gasteiger partial charge in [-0.1, -0.05) is 17.7 Å². The van der Waals surface area contributed by atoms with E-state index in [9.17, 15) is 0 Å². The Morgan fingerprint density at radius 3 is 2.55 bits per heavy atom. The SMILES string of the molecule is CNC(Cc1ccc(OC)c(OC)c1)C1=CCCCC1. The van der Waals surface area contributed by atoms with Gasteiger partial charge in [0.25, 0.3) is 0 Å². The van der Waals surface area contributed by atoms with Gasteiger partial charge in [-0.25, -0.2) is 0 Å². The van der Waals surface area contributed by atoms with Crippen LogP contribution in [-0.2, 0) is 6.42 Å². The van der Waals surface area contributed by atoms with Crippen molar-refractivity contribution in [2.75, 3.05) is 21.3 Å². The van der Waals surface area contributed by atoms with Gasteiger partial charge in [-0.2, -0.15) is 0 Å². The fourth-order valence-corrected chi connectivity index (χ4v) is 2.84. The molecule has 1 unspecified atom stereocenters. The zero-order valence-corrected chi connectivity index (χ0v) is 12.7. The summed E-state index contributed by atoms with van der Waals surface area (Å²) in [5.74, 6) is 1.59. The molecular weight excluding hydrogens is 250 g/mol. The molecule has 2 rings (SSSR count). The minimum Gasteiger partial charge on any atom is -0.493 e. The molecule has 0 bridgehead atoms. The lowest BCUT2D eigenvalue weighted by Crippen LogP contribution is -2.30. The van der Waals surface area contributed by atoms with Crippen molar-refractivity contribution in [3.63, 3.8) is 0 Å². The summed E-state index contributed by atoms with van der Waals surface area (Å²) in [4.78, 5) is 0. The van der Waals surface area contributed by atoms with E-state index in [1.165, 1.54) is 31.2 Å². The van der Waals surface area contributed by atoms with Crippen LogP contribution in [0.15, 0.2) is 29.8 Å². The first-order valence-corrected chi connectivity index (χ1v) is 7.35. The molecule has 0 radical (unpaired) electrons. The molecule has 0 heterocycles. The van der Waals surface area contributed by atoms with E-state index in [-0.39, 0.29) is 0 Å². The molecule has 3 heteroatoms. The number of methoxy groups -OCH3 is 2. The molecule has 1 aliphatic carbocycles. The number of benzene rings is 1. The quantitative estimate of drug-likeness (QED) is 0.808. The zero-order chi connectivity index (χ0) is 14.4. The van der Waals surface area contributed by atoms with Gasteiger partial charge in [0.2, 0.25) is 0 Å². The van der Waals surface area contributed by atoms with E-state index >= 15 is 0 Å². The summed E-state index contributed by atoms with van der Waals surface area (Å²) in [7, 11) is 5.39. The second-order valence-electron chi connectivity index (χ2n) is 5.26. The highest BCUT2D eigenvalue weighted by Gasteiger charge is 2.16. The van der Waals surface area contributed by atoms with Gasteiger partial charge in [0.1, 0.15) is 0 Å². The molecular formula is C17H25NO2. The normalized spacial score (nSPS) is 16.4. The monoisotopic (exact) mass is 275 g/mol. The lowest BCUT2D eigenvalue weighted by molar-refractivity contribution is 0.354. The number of hydrogen-bond donors (Lipinski definition) is 1. The van der Waals surface area contributed by atoms with Crippen LogP contribution in [0, 0.1) is 0 Å². The molecule has 1 aromatic carbocycles. The smallest absolute Gasteiger partial charge is 0.160 e. The maximum absolute atomic E-state index is 5.38. The second kappa shape index (κ2) is 7.34. The fourth-order valence-electron chi connectivity index (χ4n) is 2.84. The van der Waals surface area contributed by atoms with E-state index < -0.39 is 0 Å². The molecule has 1 aliphatic rings. The van der Waals surface area contributed by atoms with Gasteiger partial charge in [0.15, 0.2) is 11.5 Å². The molecule has 0 spiro atoms. The highest BCUT2D eigenvalue weighted by Crippen LogP contribution is 2.29. The highest BCUT2D eigenvalue weighted by molar-refractivity contribution is 5.43. The van der Waals surface area contributed by atoms with Gasteiger partial charge in [0.05, 0.1) is 14.2 Å². The Bertz CT molecular complexity index is 468. The fraction of sp³-hybridized carbons (Fsp3) is 0.529. The minimum atomic E-state index is 0.424. The van der Waals surface area contributed by atoms with Crippen molar-refractivity contribution in [3.05, 3.63) is 35.4 Å². The Kier molecular flexibility index (Phi) is 5.48. The van der Waals surface area contributed by atoms with Gasteiger partial charge in [-0.3, -0.25) is 0 Å². The van der Waals surface area contributed by atoms with E-state index in [4.69, 9.17) is 9.47 Å². The molecule has 1 atom stereocenters. The second-order valence-corrected chi connectivity index (χ2v) is 5.26. The van der Waals surface area contributed by atoms with Crippen LogP contribution in [-0.4, -0.2) is 27.3 Å². The Morgan fingerprint density at radius 1 is 1.15 bits per heavy atom. The summed E-state index contributed by atoms with van der Waals surface area (Å²) in [6, 6.07) is 6.60. The molecule has 0 fully saturated rings. The van der Waals surface area contributed by atoms with Gasteiger partial charge in [0, 0.05) is 6.04 Å². The summed E-state index contributed by atoms with van der Waals surface area (Å²) in [6.45, 7) is 0. The standard InChI is InChI=1S/C17H25NO2/c1-18-15(14-7-5-4-6-8-14)11-13-9-10-16(19-2)17(12-13)20-3/h7,9-10,12,15,18H,4-6,8,11H2,1-3H3. The highest BCUT2D eigenvalue weighted by atomic mass is 16.5. The first-order valence-electron chi connectivity index (χ1n) is 7.35. The van der Waals surface area contributed by atoms with Gasteiger partial charge in [-0.15, -0.1) is 0 Å². The molecule has 0 saturated carbocycles. The molecule has 0 aromatic heterocycles. The van der Waals surface area contributed by atoms with Crippen LogP contribution >= 0.6 is 0 Å². The molecule has 1 N–H and O–H groups in total. The maximum atomic E-state index is 5.38. The van der Waals surface area contributed by atoms with Crippen molar-refractivity contribution < 1.29 is 9.47 Å². The molecule has 20 heavy (non-hydrogen) atoms. The average Bonchev–Trinajstić information content (AvgIpc) is 2.53. The van der Waals surface area contributed by atoms with Crippen LogP contribution in [0.1, 0.15) is 31.2 Å². The van der Waals surface area contributed by atoms with Crippen molar-refractivity contribution in [1.82, 2.24) is 5.32 Å². The number of ether oxygens (including phenoxy) is 2. The lowest BCUT2D eigenvalue weighted by Gasteiger charge is -2.23. The van der Waals surface area contributed by atoms with Crippen LogP contribution < -0.4 is 14.8 Å². The average molecular weight is 275 g/mol. The van der Waals surface area contributed by atoms with E-state index in [2.05, 4.69) is 23.5 Å². The van der Waals surface area contributed by atoms with Crippen LogP contribution in [0.5, 0.6) is 11.5 Å². The van der Waals surface area contributed by atoms with Crippen LogP contribution in [0.3, 0.4) is 0 Å². The Balaban J connectivity index is 2.13. The van der Waals surface area contributed by atoms with E-state index in [0.717, 1.165) is 17.9 Å². The van der Waals surface area contributed by atoms with Crippen molar-refractivity contribution >= 4 is 0 Å². The number of hydrogen-bond acceptors (Lipinski definition) is 3. The molecule has 1 aromatic rings. The zero-order valence-electron chi connectivity index (χ0n) is 12.7. The van der Waals surface area contributed by atoms with Crippen LogP contribution in [0.2, 0.25) is 0 Å². The van der Waals surface area contributed by atoms with Crippen molar-refractivity contribution in [2.45, 2.75) is 38.1 Å². The summed E-state index contributed by atoms with van der Waals surface area (Å²) in [5, 5.41) is 3.45. The van der Waals surface area contributed by atoms with Crippen molar-refractivity contribution in [2.24, 2.45) is 0 Å². The van der Waals surface area contributed by atoms with Crippen molar-refractivity contribution in [1.29, 1.82) is 0 Å². The number of rotatable bonds is 6. The van der Waals surface area contributed by atoms with Gasteiger partial charge in [-0.05, 0) is 56.8 Å². The molecule has 0 saturated heterocycles. The number of likely N-dealkylation sites (N-methyl/N-ethyl adjacent to an activating group) is 1. The Morgan fingerprint density at radius 2 is 1.95 bits per heavy atom. The van der Waals surface area contributed by atoms with Crippen molar-refractivity contribution in [3.8, 4) is 11.5 Å². The third kappa shape index (κ3) is 3.54. The van der Waals surface area contributed by atoms with Gasteiger partial charge >= 0.3 is 0 Å². The summed E-state index contributed by atoms with van der Waals surface area (Å²) in [5.41, 5.74) is 2.82. The third-order valence-electron chi connectivity index (χ3n) is 4.01. The maximum Gasteiger partial charge on any atom is 0.160 e. The predicted octanol–water partition coefficient (Wildman–Crippen LogP) is 3.33. The minimum absolute atomic E-state index is 0.424. The Hall–Kier alpha value is -1.48. The van der Waals surface area contributed by atoms with E-state index in [0.29, 0.717) is 6.04 Å². The predicted molar refractivity (Wildman–Crippen MR) is 82.6 cm³/mol.